The van der Waals surface area contributed by atoms with Crippen molar-refractivity contribution >= 4 is 11.6 Å². The van der Waals surface area contributed by atoms with Gasteiger partial charge in [-0.05, 0) is 19.1 Å². The van der Waals surface area contributed by atoms with E-state index in [2.05, 4.69) is 4.98 Å². The van der Waals surface area contributed by atoms with Crippen molar-refractivity contribution in [1.29, 1.82) is 0 Å². The monoisotopic (exact) mass is 157 g/mol. The average molecular weight is 158 g/mol. The molecular formula is C7H8ClNO. The quantitative estimate of drug-likeness (QED) is 0.613. The fourth-order valence-electron chi connectivity index (χ4n) is 0.681. The molecule has 0 saturated heterocycles. The Morgan fingerprint density at radius 3 is 3.10 bits per heavy atom. The van der Waals surface area contributed by atoms with Crippen molar-refractivity contribution in [2.45, 2.75) is 6.92 Å². The average Bonchev–Trinajstić information content (AvgIpc) is 1.94. The van der Waals surface area contributed by atoms with E-state index in [-0.39, 0.29) is 6.07 Å². The second kappa shape index (κ2) is 3.42. The van der Waals surface area contributed by atoms with Crippen molar-refractivity contribution in [3.63, 3.8) is 0 Å². The fourth-order valence-corrected chi connectivity index (χ4v) is 0.798. The van der Waals surface area contributed by atoms with Crippen LogP contribution in [-0.4, -0.2) is 11.1 Å². The van der Waals surface area contributed by atoms with Gasteiger partial charge in [0.15, 0.2) is 6.07 Å². The van der Waals surface area contributed by atoms with Crippen molar-refractivity contribution in [2.24, 2.45) is 0 Å². The van der Waals surface area contributed by atoms with Gasteiger partial charge < -0.3 is 4.74 Å². The van der Waals surface area contributed by atoms with Gasteiger partial charge in [-0.1, -0.05) is 11.6 Å². The highest BCUT2D eigenvalue weighted by molar-refractivity contribution is 6.17. The van der Waals surface area contributed by atoms with Crippen LogP contribution in [0.3, 0.4) is 0 Å². The summed E-state index contributed by atoms with van der Waals surface area (Å²) in [4.78, 5) is 4.01. The summed E-state index contributed by atoms with van der Waals surface area (Å²) in [6, 6.07) is 3.83. The van der Waals surface area contributed by atoms with Gasteiger partial charge in [0.05, 0.1) is 5.69 Å². The molecule has 0 aliphatic rings. The maximum absolute atomic E-state index is 5.36. The lowest BCUT2D eigenvalue weighted by Crippen LogP contribution is -1.92. The zero-order valence-electron chi connectivity index (χ0n) is 5.67. The zero-order valence-corrected chi connectivity index (χ0v) is 6.43. The van der Waals surface area contributed by atoms with Crippen LogP contribution in [0.1, 0.15) is 5.69 Å². The summed E-state index contributed by atoms with van der Waals surface area (Å²) < 4.78 is 5.04. The van der Waals surface area contributed by atoms with Crippen molar-refractivity contribution in [3.05, 3.63) is 24.0 Å². The molecule has 1 aromatic rings. The van der Waals surface area contributed by atoms with E-state index in [0.717, 1.165) is 11.4 Å². The van der Waals surface area contributed by atoms with Crippen molar-refractivity contribution in [2.75, 3.05) is 6.07 Å². The number of halogens is 1. The number of hydrogen-bond donors (Lipinski definition) is 0. The smallest absolute Gasteiger partial charge is 0.162 e. The van der Waals surface area contributed by atoms with E-state index in [9.17, 15) is 0 Å². The topological polar surface area (TPSA) is 22.1 Å². The third kappa shape index (κ3) is 1.61. The summed E-state index contributed by atoms with van der Waals surface area (Å²) in [7, 11) is 0. The Balaban J connectivity index is 2.81. The third-order valence-corrected chi connectivity index (χ3v) is 1.28. The number of pyridine rings is 1. The van der Waals surface area contributed by atoms with Crippen LogP contribution in [0.4, 0.5) is 0 Å². The van der Waals surface area contributed by atoms with Crippen molar-refractivity contribution in [1.82, 2.24) is 4.98 Å². The molecule has 0 radical (unpaired) electrons. The summed E-state index contributed by atoms with van der Waals surface area (Å²) >= 11 is 5.36. The molecule has 1 heterocycles. The van der Waals surface area contributed by atoms with Crippen LogP contribution in [0.5, 0.6) is 5.75 Å². The molecule has 0 aliphatic carbocycles. The maximum Gasteiger partial charge on any atom is 0.162 e. The standard InChI is InChI=1S/C7H8ClNO/c1-6-7(10-5-8)3-2-4-9-6/h2-4H,5H2,1H3. The van der Waals surface area contributed by atoms with Crippen LogP contribution in [0.15, 0.2) is 18.3 Å². The number of alkyl halides is 1. The largest absolute Gasteiger partial charge is 0.476 e. The summed E-state index contributed by atoms with van der Waals surface area (Å²) in [5, 5.41) is 0. The molecule has 0 unspecified atom stereocenters. The molecule has 0 spiro atoms. The first-order valence-corrected chi connectivity index (χ1v) is 3.48. The van der Waals surface area contributed by atoms with Crippen molar-refractivity contribution < 1.29 is 4.74 Å². The number of nitrogens with zero attached hydrogens (tertiary/aromatic N) is 1. The minimum absolute atomic E-state index is 0.173. The Morgan fingerprint density at radius 2 is 2.50 bits per heavy atom. The van der Waals surface area contributed by atoms with E-state index in [1.807, 2.05) is 19.1 Å². The molecule has 0 atom stereocenters. The SMILES string of the molecule is Cc1ncccc1OCCl. The van der Waals surface area contributed by atoms with E-state index in [4.69, 9.17) is 16.3 Å². The molecule has 0 bridgehead atoms. The Morgan fingerprint density at radius 1 is 1.70 bits per heavy atom. The van der Waals surface area contributed by atoms with Gasteiger partial charge >= 0.3 is 0 Å². The summed E-state index contributed by atoms with van der Waals surface area (Å²) in [5.74, 6) is 0.748. The fraction of sp³-hybridized carbons (Fsp3) is 0.286. The molecule has 3 heteroatoms. The molecule has 1 rings (SSSR count). The van der Waals surface area contributed by atoms with Crippen LogP contribution in [0.2, 0.25) is 0 Å². The summed E-state index contributed by atoms with van der Waals surface area (Å²) in [5.41, 5.74) is 0.864. The van der Waals surface area contributed by atoms with Crippen LogP contribution in [-0.2, 0) is 0 Å². The molecule has 0 fully saturated rings. The maximum atomic E-state index is 5.36. The molecule has 0 aliphatic heterocycles. The van der Waals surface area contributed by atoms with Gasteiger partial charge in [-0.3, -0.25) is 4.98 Å². The normalized spacial score (nSPS) is 9.40. The molecule has 54 valence electrons. The lowest BCUT2D eigenvalue weighted by atomic mass is 10.3. The van der Waals surface area contributed by atoms with E-state index in [1.54, 1.807) is 6.20 Å². The first kappa shape index (κ1) is 7.35. The van der Waals surface area contributed by atoms with Gasteiger partial charge in [0, 0.05) is 6.20 Å². The first-order chi connectivity index (χ1) is 4.84. The van der Waals surface area contributed by atoms with Crippen LogP contribution < -0.4 is 4.74 Å². The Bertz CT molecular complexity index is 215. The van der Waals surface area contributed by atoms with Crippen molar-refractivity contribution in [3.8, 4) is 5.75 Å². The molecule has 10 heavy (non-hydrogen) atoms. The van der Waals surface area contributed by atoms with E-state index >= 15 is 0 Å². The molecule has 0 saturated carbocycles. The highest BCUT2D eigenvalue weighted by Crippen LogP contribution is 2.13. The Hall–Kier alpha value is -0.760. The van der Waals surface area contributed by atoms with Gasteiger partial charge in [0.25, 0.3) is 0 Å². The first-order valence-electron chi connectivity index (χ1n) is 2.95. The molecule has 0 amide bonds. The van der Waals surface area contributed by atoms with E-state index in [0.29, 0.717) is 0 Å². The molecular weight excluding hydrogens is 150 g/mol. The van der Waals surface area contributed by atoms with Crippen LogP contribution >= 0.6 is 11.6 Å². The lowest BCUT2D eigenvalue weighted by molar-refractivity contribution is 0.383. The summed E-state index contributed by atoms with van der Waals surface area (Å²) in [6.07, 6.45) is 1.72. The number of aryl methyl sites for hydroxylation is 1. The lowest BCUT2D eigenvalue weighted by Gasteiger charge is -2.02. The highest BCUT2D eigenvalue weighted by Gasteiger charge is 1.95. The Labute approximate surface area is 64.8 Å². The number of ether oxygens (including phenoxy) is 1. The van der Waals surface area contributed by atoms with E-state index in [1.165, 1.54) is 0 Å². The predicted octanol–water partition coefficient (Wildman–Crippen LogP) is 1.97. The van der Waals surface area contributed by atoms with Gasteiger partial charge in [0.2, 0.25) is 0 Å². The van der Waals surface area contributed by atoms with Crippen LogP contribution in [0.25, 0.3) is 0 Å². The number of aromatic nitrogens is 1. The number of rotatable bonds is 2. The predicted molar refractivity (Wildman–Crippen MR) is 40.3 cm³/mol. The highest BCUT2D eigenvalue weighted by atomic mass is 35.5. The van der Waals surface area contributed by atoms with Gasteiger partial charge in [-0.2, -0.15) is 0 Å². The van der Waals surface area contributed by atoms with Crippen LogP contribution in [0, 0.1) is 6.92 Å². The minimum Gasteiger partial charge on any atom is -0.476 e. The minimum atomic E-state index is 0.173. The molecule has 2 nitrogen and oxygen atoms in total. The number of hydrogen-bond acceptors (Lipinski definition) is 2. The van der Waals surface area contributed by atoms with Gasteiger partial charge in [0.1, 0.15) is 5.75 Å². The molecule has 1 aromatic heterocycles. The Kier molecular flexibility index (Phi) is 2.51. The van der Waals surface area contributed by atoms with Gasteiger partial charge in [-0.25, -0.2) is 0 Å². The molecule has 0 aromatic carbocycles. The zero-order chi connectivity index (χ0) is 7.40. The summed E-state index contributed by atoms with van der Waals surface area (Å²) in [6.45, 7) is 1.88. The second-order valence-corrected chi connectivity index (χ2v) is 2.06. The molecule has 0 N–H and O–H groups in total. The second-order valence-electron chi connectivity index (χ2n) is 1.84. The van der Waals surface area contributed by atoms with Gasteiger partial charge in [-0.15, -0.1) is 0 Å². The third-order valence-electron chi connectivity index (χ3n) is 1.17. The van der Waals surface area contributed by atoms with E-state index < -0.39 is 0 Å².